The summed E-state index contributed by atoms with van der Waals surface area (Å²) in [6, 6.07) is 16.4. The molecule has 1 aliphatic heterocycles. The summed E-state index contributed by atoms with van der Waals surface area (Å²) in [5, 5.41) is 0. The lowest BCUT2D eigenvalue weighted by atomic mass is 9.48. The fraction of sp³-hybridized carbons (Fsp3) is 0.263. The largest absolute Gasteiger partial charge is 0.393 e. The van der Waals surface area contributed by atoms with Crippen molar-refractivity contribution >= 4 is 11.9 Å². The molecule has 1 heterocycles. The molecule has 0 amide bonds. The van der Waals surface area contributed by atoms with Crippen LogP contribution in [-0.4, -0.2) is 11.9 Å². The number of esters is 2. The third-order valence-corrected chi connectivity index (χ3v) is 5.78. The lowest BCUT2D eigenvalue weighted by Gasteiger charge is -2.51. The van der Waals surface area contributed by atoms with Crippen LogP contribution in [0.15, 0.2) is 48.5 Å². The van der Waals surface area contributed by atoms with Crippen LogP contribution in [0.25, 0.3) is 0 Å². The minimum Gasteiger partial charge on any atom is -0.393 e. The standard InChI is InChI=1S/C19H14O3/c1-19-12-8-4-2-6-10(12)14(11-7-3-5-9-13(11)19)15-16(19)18(21)22-17(15)20/h2-9,14-16H,1H3/t14?,15-,16-,19?/m0/s1. The molecule has 0 radical (unpaired) electrons. The van der Waals surface area contributed by atoms with Gasteiger partial charge in [0.1, 0.15) is 0 Å². The van der Waals surface area contributed by atoms with Gasteiger partial charge in [-0.1, -0.05) is 55.5 Å². The quantitative estimate of drug-likeness (QED) is 0.553. The number of carbonyl (C=O) groups excluding carboxylic acids is 2. The fourth-order valence-electron chi connectivity index (χ4n) is 4.95. The van der Waals surface area contributed by atoms with Gasteiger partial charge in [-0.05, 0) is 22.3 Å². The van der Waals surface area contributed by atoms with Gasteiger partial charge in [0, 0.05) is 11.3 Å². The van der Waals surface area contributed by atoms with Crippen LogP contribution in [0.1, 0.15) is 35.1 Å². The molecule has 3 nitrogen and oxygen atoms in total. The van der Waals surface area contributed by atoms with Gasteiger partial charge in [-0.15, -0.1) is 0 Å². The van der Waals surface area contributed by atoms with Crippen LogP contribution in [0.2, 0.25) is 0 Å². The third kappa shape index (κ3) is 1.12. The highest BCUT2D eigenvalue weighted by Gasteiger charge is 2.65. The van der Waals surface area contributed by atoms with E-state index in [1.807, 2.05) is 24.3 Å². The van der Waals surface area contributed by atoms with Gasteiger partial charge in [0.15, 0.2) is 0 Å². The van der Waals surface area contributed by atoms with Gasteiger partial charge in [0.25, 0.3) is 0 Å². The minimum absolute atomic E-state index is 0.0711. The number of carbonyl (C=O) groups is 2. The summed E-state index contributed by atoms with van der Waals surface area (Å²) in [7, 11) is 0. The summed E-state index contributed by atoms with van der Waals surface area (Å²) in [6.45, 7) is 2.08. The van der Waals surface area contributed by atoms with Crippen LogP contribution in [0, 0.1) is 11.8 Å². The SMILES string of the molecule is CC12c3ccccc3C(c3ccccc31)[C@@H]1C(=O)OC(=O)[C@H]12. The zero-order valence-corrected chi connectivity index (χ0v) is 12.1. The third-order valence-electron chi connectivity index (χ3n) is 5.78. The second-order valence-electron chi connectivity index (χ2n) is 6.60. The lowest BCUT2D eigenvalue weighted by Crippen LogP contribution is -2.51. The van der Waals surface area contributed by atoms with Gasteiger partial charge < -0.3 is 4.74 Å². The molecule has 2 bridgehead atoms. The molecule has 2 aromatic carbocycles. The Morgan fingerprint density at radius 1 is 0.864 bits per heavy atom. The highest BCUT2D eigenvalue weighted by molar-refractivity contribution is 6.00. The number of cyclic esters (lactones) is 2. The van der Waals surface area contributed by atoms with Crippen LogP contribution in [0.5, 0.6) is 0 Å². The van der Waals surface area contributed by atoms with E-state index in [4.69, 9.17) is 4.74 Å². The first-order chi connectivity index (χ1) is 10.6. The number of rotatable bonds is 0. The second kappa shape index (κ2) is 3.67. The van der Waals surface area contributed by atoms with E-state index in [2.05, 4.69) is 31.2 Å². The summed E-state index contributed by atoms with van der Waals surface area (Å²) in [6.07, 6.45) is 0. The van der Waals surface area contributed by atoms with E-state index in [9.17, 15) is 9.59 Å². The van der Waals surface area contributed by atoms with Gasteiger partial charge in [-0.3, -0.25) is 9.59 Å². The average molecular weight is 290 g/mol. The summed E-state index contributed by atoms with van der Waals surface area (Å²) in [4.78, 5) is 24.7. The first-order valence-electron chi connectivity index (χ1n) is 7.58. The fourth-order valence-corrected chi connectivity index (χ4v) is 4.95. The Hall–Kier alpha value is -2.42. The smallest absolute Gasteiger partial charge is 0.318 e. The lowest BCUT2D eigenvalue weighted by molar-refractivity contribution is -0.154. The molecule has 2 aromatic rings. The minimum atomic E-state index is -0.490. The van der Waals surface area contributed by atoms with E-state index in [0.29, 0.717) is 0 Å². The van der Waals surface area contributed by atoms with E-state index < -0.39 is 11.3 Å². The maximum Gasteiger partial charge on any atom is 0.318 e. The number of benzene rings is 2. The summed E-state index contributed by atoms with van der Waals surface area (Å²) in [5.41, 5.74) is 4.15. The molecule has 0 spiro atoms. The van der Waals surface area contributed by atoms with E-state index in [1.165, 1.54) is 0 Å². The second-order valence-corrected chi connectivity index (χ2v) is 6.60. The zero-order chi connectivity index (χ0) is 15.1. The molecule has 3 heteroatoms. The van der Waals surface area contributed by atoms with Crippen LogP contribution in [0.3, 0.4) is 0 Å². The number of ether oxygens (including phenoxy) is 1. The van der Waals surface area contributed by atoms with Crippen molar-refractivity contribution in [3.05, 3.63) is 70.8 Å². The zero-order valence-electron chi connectivity index (χ0n) is 12.1. The van der Waals surface area contributed by atoms with Crippen LogP contribution in [0.4, 0.5) is 0 Å². The Kier molecular flexibility index (Phi) is 2.03. The molecule has 4 aliphatic rings. The van der Waals surface area contributed by atoms with Gasteiger partial charge in [-0.2, -0.15) is 0 Å². The predicted molar refractivity (Wildman–Crippen MR) is 79.3 cm³/mol. The van der Waals surface area contributed by atoms with Crippen molar-refractivity contribution in [3.63, 3.8) is 0 Å². The highest BCUT2D eigenvalue weighted by atomic mass is 16.6. The van der Waals surface area contributed by atoms with E-state index in [-0.39, 0.29) is 23.8 Å². The maximum absolute atomic E-state index is 12.4. The van der Waals surface area contributed by atoms with Crippen LogP contribution >= 0.6 is 0 Å². The van der Waals surface area contributed by atoms with E-state index >= 15 is 0 Å². The molecule has 22 heavy (non-hydrogen) atoms. The molecule has 108 valence electrons. The van der Waals surface area contributed by atoms with E-state index in [0.717, 1.165) is 22.3 Å². The monoisotopic (exact) mass is 290 g/mol. The molecule has 6 rings (SSSR count). The summed E-state index contributed by atoms with van der Waals surface area (Å²) in [5.74, 6) is -1.60. The van der Waals surface area contributed by atoms with Crippen LogP contribution < -0.4 is 0 Å². The van der Waals surface area contributed by atoms with Crippen molar-refractivity contribution in [2.24, 2.45) is 11.8 Å². The summed E-state index contributed by atoms with van der Waals surface area (Å²) >= 11 is 0. The molecule has 0 N–H and O–H groups in total. The van der Waals surface area contributed by atoms with Crippen molar-refractivity contribution in [1.82, 2.24) is 0 Å². The predicted octanol–water partition coefficient (Wildman–Crippen LogP) is 2.77. The van der Waals surface area contributed by atoms with Gasteiger partial charge in [0.05, 0.1) is 11.8 Å². The van der Waals surface area contributed by atoms with Crippen LogP contribution in [-0.2, 0) is 19.7 Å². The van der Waals surface area contributed by atoms with Crippen molar-refractivity contribution in [2.75, 3.05) is 0 Å². The number of hydrogen-bond donors (Lipinski definition) is 0. The Morgan fingerprint density at radius 3 is 2.00 bits per heavy atom. The molecular weight excluding hydrogens is 276 g/mol. The van der Waals surface area contributed by atoms with Gasteiger partial charge in [-0.25, -0.2) is 0 Å². The summed E-state index contributed by atoms with van der Waals surface area (Å²) < 4.78 is 5.04. The Morgan fingerprint density at radius 2 is 1.41 bits per heavy atom. The van der Waals surface area contributed by atoms with Crippen molar-refractivity contribution in [1.29, 1.82) is 0 Å². The molecule has 1 saturated heterocycles. The number of hydrogen-bond acceptors (Lipinski definition) is 3. The Labute approximate surface area is 127 Å². The highest BCUT2D eigenvalue weighted by Crippen LogP contribution is 2.63. The normalized spacial score (nSPS) is 34.0. The average Bonchev–Trinajstić information content (AvgIpc) is 2.84. The molecule has 0 saturated carbocycles. The van der Waals surface area contributed by atoms with Crippen molar-refractivity contribution in [2.45, 2.75) is 18.3 Å². The topological polar surface area (TPSA) is 43.4 Å². The van der Waals surface area contributed by atoms with Gasteiger partial charge >= 0.3 is 11.9 Å². The maximum atomic E-state index is 12.4. The first kappa shape index (κ1) is 12.2. The van der Waals surface area contributed by atoms with Crippen molar-refractivity contribution < 1.29 is 14.3 Å². The molecule has 0 unspecified atom stereocenters. The molecule has 1 fully saturated rings. The molecule has 2 atom stereocenters. The van der Waals surface area contributed by atoms with E-state index in [1.54, 1.807) is 0 Å². The molecular formula is C19H14O3. The van der Waals surface area contributed by atoms with Gasteiger partial charge in [0.2, 0.25) is 0 Å². The Bertz CT molecular complexity index is 804. The first-order valence-corrected chi connectivity index (χ1v) is 7.58. The molecule has 3 aliphatic carbocycles. The Balaban J connectivity index is 1.94. The van der Waals surface area contributed by atoms with Crippen molar-refractivity contribution in [3.8, 4) is 0 Å². The molecule has 0 aromatic heterocycles.